The SMILES string of the molecule is CC(C)NC(=O)c1ccc(Cl)c(NS(=O)(=O)c2cc(C(F)(F)F)ccc2Cl)c1. The highest BCUT2D eigenvalue weighted by Gasteiger charge is 2.33. The van der Waals surface area contributed by atoms with Crippen molar-refractivity contribution in [3.63, 3.8) is 0 Å². The summed E-state index contributed by atoms with van der Waals surface area (Å²) in [5, 5.41) is 2.18. The Morgan fingerprint density at radius 2 is 1.64 bits per heavy atom. The Labute approximate surface area is 169 Å². The van der Waals surface area contributed by atoms with Gasteiger partial charge in [0.2, 0.25) is 0 Å². The second kappa shape index (κ2) is 8.18. The summed E-state index contributed by atoms with van der Waals surface area (Å²) in [5.41, 5.74) is -1.23. The van der Waals surface area contributed by atoms with Gasteiger partial charge in [-0.3, -0.25) is 9.52 Å². The number of hydrogen-bond donors (Lipinski definition) is 2. The number of amides is 1. The summed E-state index contributed by atoms with van der Waals surface area (Å²) in [6, 6.07) is 5.63. The van der Waals surface area contributed by atoms with Gasteiger partial charge in [0.15, 0.2) is 0 Å². The summed E-state index contributed by atoms with van der Waals surface area (Å²) in [4.78, 5) is 11.3. The zero-order chi connectivity index (χ0) is 21.3. The van der Waals surface area contributed by atoms with Crippen LogP contribution in [0.3, 0.4) is 0 Å². The van der Waals surface area contributed by atoms with Crippen molar-refractivity contribution in [3.05, 3.63) is 57.6 Å². The summed E-state index contributed by atoms with van der Waals surface area (Å²) in [6.07, 6.45) is -4.75. The maximum atomic E-state index is 12.9. The predicted molar refractivity (Wildman–Crippen MR) is 101 cm³/mol. The minimum absolute atomic E-state index is 0.0484. The van der Waals surface area contributed by atoms with Gasteiger partial charge in [0.1, 0.15) is 4.90 Å². The minimum Gasteiger partial charge on any atom is -0.350 e. The van der Waals surface area contributed by atoms with Crippen molar-refractivity contribution >= 4 is 44.8 Å². The van der Waals surface area contributed by atoms with E-state index in [0.29, 0.717) is 12.1 Å². The Morgan fingerprint density at radius 1 is 1.04 bits per heavy atom. The second-order valence-electron chi connectivity index (χ2n) is 6.07. The fraction of sp³-hybridized carbons (Fsp3) is 0.235. The molecule has 0 saturated carbocycles. The number of benzene rings is 2. The van der Waals surface area contributed by atoms with Crippen molar-refractivity contribution in [2.24, 2.45) is 0 Å². The Bertz CT molecular complexity index is 1010. The van der Waals surface area contributed by atoms with Crippen LogP contribution in [0.5, 0.6) is 0 Å². The molecule has 1 amide bonds. The van der Waals surface area contributed by atoms with E-state index in [1.165, 1.54) is 18.2 Å². The number of hydrogen-bond acceptors (Lipinski definition) is 3. The van der Waals surface area contributed by atoms with Crippen molar-refractivity contribution in [1.82, 2.24) is 5.32 Å². The van der Waals surface area contributed by atoms with Crippen LogP contribution in [-0.4, -0.2) is 20.4 Å². The first-order chi connectivity index (χ1) is 12.8. The fourth-order valence-electron chi connectivity index (χ4n) is 2.18. The molecule has 0 fully saturated rings. The van der Waals surface area contributed by atoms with Crippen LogP contribution in [0.15, 0.2) is 41.3 Å². The molecule has 0 spiro atoms. The molecular weight excluding hydrogens is 440 g/mol. The summed E-state index contributed by atoms with van der Waals surface area (Å²) in [6.45, 7) is 3.49. The molecule has 0 radical (unpaired) electrons. The van der Waals surface area contributed by atoms with Crippen molar-refractivity contribution in [1.29, 1.82) is 0 Å². The molecule has 2 aromatic rings. The summed E-state index contributed by atoms with van der Waals surface area (Å²) < 4.78 is 66.0. The lowest BCUT2D eigenvalue weighted by Gasteiger charge is -2.14. The summed E-state index contributed by atoms with van der Waals surface area (Å²) in [7, 11) is -4.51. The van der Waals surface area contributed by atoms with Crippen LogP contribution in [0.25, 0.3) is 0 Å². The van der Waals surface area contributed by atoms with E-state index in [4.69, 9.17) is 23.2 Å². The van der Waals surface area contributed by atoms with Crippen LogP contribution in [-0.2, 0) is 16.2 Å². The lowest BCUT2D eigenvalue weighted by Crippen LogP contribution is -2.30. The molecule has 0 aliphatic carbocycles. The van der Waals surface area contributed by atoms with Gasteiger partial charge in [-0.1, -0.05) is 23.2 Å². The molecule has 0 heterocycles. The van der Waals surface area contributed by atoms with E-state index in [-0.39, 0.29) is 22.3 Å². The van der Waals surface area contributed by atoms with Crippen LogP contribution < -0.4 is 10.0 Å². The third-order valence-corrected chi connectivity index (χ3v) is 5.62. The van der Waals surface area contributed by atoms with E-state index >= 15 is 0 Å². The van der Waals surface area contributed by atoms with E-state index < -0.39 is 37.6 Å². The molecule has 0 aliphatic rings. The van der Waals surface area contributed by atoms with Crippen LogP contribution in [0.4, 0.5) is 18.9 Å². The number of alkyl halides is 3. The number of nitrogens with one attached hydrogen (secondary N) is 2. The average Bonchev–Trinajstić information content (AvgIpc) is 2.55. The Morgan fingerprint density at radius 3 is 2.21 bits per heavy atom. The van der Waals surface area contributed by atoms with Gasteiger partial charge in [0, 0.05) is 11.6 Å². The minimum atomic E-state index is -4.75. The molecule has 0 saturated heterocycles. The Kier molecular flexibility index (Phi) is 6.52. The van der Waals surface area contributed by atoms with Gasteiger partial charge in [0.05, 0.1) is 21.3 Å². The number of carbonyl (C=O) groups excluding carboxylic acids is 1. The van der Waals surface area contributed by atoms with E-state index in [0.717, 1.165) is 6.07 Å². The Balaban J connectivity index is 2.44. The normalized spacial score (nSPS) is 12.1. The van der Waals surface area contributed by atoms with Crippen molar-refractivity contribution in [2.45, 2.75) is 31.0 Å². The quantitative estimate of drug-likeness (QED) is 0.670. The molecule has 0 unspecified atom stereocenters. The molecule has 0 aliphatic heterocycles. The van der Waals surface area contributed by atoms with Gasteiger partial charge in [-0.25, -0.2) is 8.42 Å². The number of rotatable bonds is 5. The van der Waals surface area contributed by atoms with Gasteiger partial charge in [0.25, 0.3) is 15.9 Å². The van der Waals surface area contributed by atoms with E-state index in [2.05, 4.69) is 10.0 Å². The molecule has 11 heteroatoms. The van der Waals surface area contributed by atoms with Crippen LogP contribution >= 0.6 is 23.2 Å². The molecule has 2 rings (SSSR count). The van der Waals surface area contributed by atoms with Gasteiger partial charge >= 0.3 is 6.18 Å². The third kappa shape index (κ3) is 5.30. The molecule has 2 aromatic carbocycles. The smallest absolute Gasteiger partial charge is 0.350 e. The largest absolute Gasteiger partial charge is 0.416 e. The Hall–Kier alpha value is -1.97. The van der Waals surface area contributed by atoms with Crippen molar-refractivity contribution in [3.8, 4) is 0 Å². The highest BCUT2D eigenvalue weighted by atomic mass is 35.5. The van der Waals surface area contributed by atoms with Crippen LogP contribution in [0.1, 0.15) is 29.8 Å². The lowest BCUT2D eigenvalue weighted by atomic mass is 10.2. The maximum Gasteiger partial charge on any atom is 0.416 e. The molecule has 0 atom stereocenters. The second-order valence-corrected chi connectivity index (χ2v) is 8.54. The molecule has 5 nitrogen and oxygen atoms in total. The molecular formula is C17H15Cl2F3N2O3S. The van der Waals surface area contributed by atoms with Crippen LogP contribution in [0, 0.1) is 0 Å². The first-order valence-electron chi connectivity index (χ1n) is 7.81. The lowest BCUT2D eigenvalue weighted by molar-refractivity contribution is -0.137. The zero-order valence-corrected chi connectivity index (χ0v) is 16.9. The highest BCUT2D eigenvalue weighted by Crippen LogP contribution is 2.34. The van der Waals surface area contributed by atoms with E-state index in [9.17, 15) is 26.4 Å². The monoisotopic (exact) mass is 454 g/mol. The van der Waals surface area contributed by atoms with E-state index in [1.807, 2.05) is 0 Å². The molecule has 0 aromatic heterocycles. The van der Waals surface area contributed by atoms with E-state index in [1.54, 1.807) is 13.8 Å². The third-order valence-electron chi connectivity index (χ3n) is 3.44. The predicted octanol–water partition coefficient (Wildman–Crippen LogP) is 4.95. The fourth-order valence-corrected chi connectivity index (χ4v) is 3.99. The molecule has 28 heavy (non-hydrogen) atoms. The van der Waals surface area contributed by atoms with Gasteiger partial charge in [-0.15, -0.1) is 0 Å². The standard InChI is InChI=1S/C17H15Cl2F3N2O3S/c1-9(2)23-16(25)10-3-5-12(18)14(7-10)24-28(26,27)15-8-11(17(20,21)22)4-6-13(15)19/h3-9,24H,1-2H3,(H,23,25). The molecule has 2 N–H and O–H groups in total. The number of anilines is 1. The zero-order valence-electron chi connectivity index (χ0n) is 14.6. The van der Waals surface area contributed by atoms with Crippen molar-refractivity contribution < 1.29 is 26.4 Å². The van der Waals surface area contributed by atoms with Gasteiger partial charge < -0.3 is 5.32 Å². The van der Waals surface area contributed by atoms with Crippen LogP contribution in [0.2, 0.25) is 10.0 Å². The van der Waals surface area contributed by atoms with Gasteiger partial charge in [-0.2, -0.15) is 13.2 Å². The molecule has 152 valence electrons. The number of sulfonamides is 1. The topological polar surface area (TPSA) is 75.3 Å². The summed E-state index contributed by atoms with van der Waals surface area (Å²) >= 11 is 11.8. The van der Waals surface area contributed by atoms with Gasteiger partial charge in [-0.05, 0) is 50.2 Å². The number of carbonyl (C=O) groups is 1. The number of halogens is 5. The van der Waals surface area contributed by atoms with Crippen molar-refractivity contribution in [2.75, 3.05) is 4.72 Å². The first-order valence-corrected chi connectivity index (χ1v) is 10.0. The molecule has 0 bridgehead atoms. The summed E-state index contributed by atoms with van der Waals surface area (Å²) in [5.74, 6) is -0.468. The first kappa shape index (κ1) is 22.3. The average molecular weight is 455 g/mol. The maximum absolute atomic E-state index is 12.9. The highest BCUT2D eigenvalue weighted by molar-refractivity contribution is 7.92.